The Hall–Kier alpha value is -1.48. The topological polar surface area (TPSA) is 112 Å². The molecular weight excluding hydrogens is 252 g/mol. The Labute approximate surface area is 109 Å². The summed E-state index contributed by atoms with van der Waals surface area (Å²) < 4.78 is 7.27. The lowest BCUT2D eigenvalue weighted by molar-refractivity contribution is -0.0437. The number of anilines is 1. The average molecular weight is 268 g/mol. The van der Waals surface area contributed by atoms with Gasteiger partial charge < -0.3 is 25.4 Å². The monoisotopic (exact) mass is 268 g/mol. The van der Waals surface area contributed by atoms with E-state index in [1.807, 2.05) is 0 Å². The number of hydrogen-bond acceptors (Lipinski definition) is 7. The minimum Gasteiger partial charge on any atom is -0.394 e. The molecule has 2 aliphatic heterocycles. The second-order valence-corrected chi connectivity index (χ2v) is 4.65. The second kappa shape index (κ2) is 4.89. The fraction of sp³-hybridized carbons (Fsp3) is 0.636. The van der Waals surface area contributed by atoms with Crippen LogP contribution in [0.2, 0.25) is 0 Å². The van der Waals surface area contributed by atoms with Crippen LogP contribution >= 0.6 is 0 Å². The Bertz CT molecular complexity index is 489. The van der Waals surface area contributed by atoms with Crippen LogP contribution in [0.1, 0.15) is 24.4 Å². The largest absolute Gasteiger partial charge is 0.394 e. The van der Waals surface area contributed by atoms with Gasteiger partial charge in [-0.2, -0.15) is 0 Å². The van der Waals surface area contributed by atoms with Crippen LogP contribution in [0.5, 0.6) is 0 Å². The number of ether oxygens (including phenoxy) is 1. The van der Waals surface area contributed by atoms with Crippen molar-refractivity contribution in [3.63, 3.8) is 0 Å². The van der Waals surface area contributed by atoms with Gasteiger partial charge in [0.05, 0.1) is 31.9 Å². The van der Waals surface area contributed by atoms with Crippen molar-refractivity contribution in [3.05, 3.63) is 12.0 Å². The van der Waals surface area contributed by atoms with Crippen molar-refractivity contribution in [2.75, 3.05) is 18.5 Å². The fourth-order valence-electron chi connectivity index (χ4n) is 2.38. The molecular formula is C11H16N4O4. The summed E-state index contributed by atoms with van der Waals surface area (Å²) >= 11 is 0. The second-order valence-electron chi connectivity index (χ2n) is 4.65. The fourth-order valence-corrected chi connectivity index (χ4v) is 2.38. The van der Waals surface area contributed by atoms with Crippen molar-refractivity contribution in [2.24, 2.45) is 4.99 Å². The molecule has 0 amide bonds. The molecule has 8 nitrogen and oxygen atoms in total. The third-order valence-corrected chi connectivity index (χ3v) is 3.40. The van der Waals surface area contributed by atoms with Crippen LogP contribution in [0, 0.1) is 0 Å². The first-order valence-electron chi connectivity index (χ1n) is 6.14. The zero-order chi connectivity index (χ0) is 13.4. The quantitative estimate of drug-likeness (QED) is 0.548. The molecule has 0 aliphatic carbocycles. The molecule has 19 heavy (non-hydrogen) atoms. The lowest BCUT2D eigenvalue weighted by Gasteiger charge is -2.16. The van der Waals surface area contributed by atoms with Gasteiger partial charge in [0.1, 0.15) is 29.9 Å². The van der Waals surface area contributed by atoms with Crippen LogP contribution in [-0.4, -0.2) is 56.6 Å². The molecule has 4 N–H and O–H groups in total. The molecule has 0 bridgehead atoms. The Kier molecular flexibility index (Phi) is 3.23. The summed E-state index contributed by atoms with van der Waals surface area (Å²) in [6.07, 6.45) is 0.935. The van der Waals surface area contributed by atoms with Crippen LogP contribution in [0.4, 0.5) is 5.82 Å². The van der Waals surface area contributed by atoms with Crippen LogP contribution in [0.25, 0.3) is 0 Å². The van der Waals surface area contributed by atoms with Crippen molar-refractivity contribution in [1.29, 1.82) is 0 Å². The molecule has 1 unspecified atom stereocenters. The standard InChI is InChI=1S/C11H16N4O4/c16-3-8-6(17)1-9(19-8)15-5-14-10-7(18)2-12-4-13-11(10)15/h4-9,16-18H,1-3H2,(H,12,13)/t6-,7?,8-,9-/m1/s1. The van der Waals surface area contributed by atoms with Gasteiger partial charge in [-0.1, -0.05) is 0 Å². The molecule has 2 aliphatic rings. The van der Waals surface area contributed by atoms with Gasteiger partial charge in [-0.15, -0.1) is 0 Å². The van der Waals surface area contributed by atoms with Crippen molar-refractivity contribution in [3.8, 4) is 0 Å². The summed E-state index contributed by atoms with van der Waals surface area (Å²) in [6.45, 7) is 0.0243. The highest BCUT2D eigenvalue weighted by molar-refractivity contribution is 5.76. The van der Waals surface area contributed by atoms with Gasteiger partial charge in [0.25, 0.3) is 0 Å². The van der Waals surface area contributed by atoms with Gasteiger partial charge in [-0.05, 0) is 0 Å². The summed E-state index contributed by atoms with van der Waals surface area (Å²) in [4.78, 5) is 8.15. The Morgan fingerprint density at radius 1 is 1.47 bits per heavy atom. The highest BCUT2D eigenvalue weighted by Crippen LogP contribution is 2.34. The number of hydrogen-bond donors (Lipinski definition) is 4. The van der Waals surface area contributed by atoms with Crippen LogP contribution in [0.15, 0.2) is 11.3 Å². The predicted octanol–water partition coefficient (Wildman–Crippen LogP) is -0.989. The lowest BCUT2D eigenvalue weighted by atomic mass is 10.2. The Morgan fingerprint density at radius 2 is 2.32 bits per heavy atom. The summed E-state index contributed by atoms with van der Waals surface area (Å²) in [5, 5.41) is 31.7. The van der Waals surface area contributed by atoms with E-state index in [1.54, 1.807) is 10.9 Å². The van der Waals surface area contributed by atoms with Crippen molar-refractivity contribution < 1.29 is 20.1 Å². The number of imidazole rings is 1. The summed E-state index contributed by atoms with van der Waals surface area (Å²) in [7, 11) is 0. The normalized spacial score (nSPS) is 33.8. The van der Waals surface area contributed by atoms with Gasteiger partial charge >= 0.3 is 0 Å². The highest BCUT2D eigenvalue weighted by Gasteiger charge is 2.36. The number of aliphatic hydroxyl groups excluding tert-OH is 3. The van der Waals surface area contributed by atoms with E-state index in [4.69, 9.17) is 9.84 Å². The third kappa shape index (κ3) is 2.12. The molecule has 1 saturated heterocycles. The van der Waals surface area contributed by atoms with Crippen molar-refractivity contribution in [2.45, 2.75) is 31.0 Å². The van der Waals surface area contributed by atoms with Gasteiger partial charge in [0, 0.05) is 6.42 Å². The number of nitrogens with zero attached hydrogens (tertiary/aromatic N) is 3. The van der Waals surface area contributed by atoms with Gasteiger partial charge in [-0.25, -0.2) is 4.98 Å². The molecule has 0 aromatic carbocycles. The zero-order valence-corrected chi connectivity index (χ0v) is 10.2. The molecule has 0 saturated carbocycles. The molecule has 0 spiro atoms. The van der Waals surface area contributed by atoms with Crippen molar-refractivity contribution in [1.82, 2.24) is 9.55 Å². The third-order valence-electron chi connectivity index (χ3n) is 3.40. The summed E-state index contributed by atoms with van der Waals surface area (Å²) in [5.74, 6) is 0.601. The van der Waals surface area contributed by atoms with Crippen molar-refractivity contribution >= 4 is 12.2 Å². The maximum absolute atomic E-state index is 9.89. The van der Waals surface area contributed by atoms with Gasteiger partial charge in [-0.3, -0.25) is 9.56 Å². The number of aliphatic imine (C=N–C) groups is 1. The minimum atomic E-state index is -0.762. The average Bonchev–Trinajstić information content (AvgIpc) is 2.93. The molecule has 1 aromatic rings. The van der Waals surface area contributed by atoms with E-state index in [1.165, 1.54) is 6.34 Å². The number of aliphatic hydroxyl groups is 3. The van der Waals surface area contributed by atoms with E-state index in [0.717, 1.165) is 0 Å². The molecule has 1 aromatic heterocycles. The van der Waals surface area contributed by atoms with Gasteiger partial charge in [0.2, 0.25) is 0 Å². The number of nitrogens with one attached hydrogen (secondary N) is 1. The first-order chi connectivity index (χ1) is 9.20. The van der Waals surface area contributed by atoms with E-state index in [9.17, 15) is 10.2 Å². The van der Waals surface area contributed by atoms with Crippen LogP contribution in [0.3, 0.4) is 0 Å². The predicted molar refractivity (Wildman–Crippen MR) is 65.8 cm³/mol. The van der Waals surface area contributed by atoms with E-state index in [0.29, 0.717) is 17.9 Å². The zero-order valence-electron chi connectivity index (χ0n) is 10.2. The molecule has 8 heteroatoms. The molecule has 0 radical (unpaired) electrons. The van der Waals surface area contributed by atoms with E-state index in [-0.39, 0.29) is 13.2 Å². The van der Waals surface area contributed by atoms with E-state index >= 15 is 0 Å². The maximum Gasteiger partial charge on any atom is 0.139 e. The number of aromatic nitrogens is 2. The molecule has 3 rings (SSSR count). The van der Waals surface area contributed by atoms with Crippen LogP contribution < -0.4 is 5.32 Å². The highest BCUT2D eigenvalue weighted by atomic mass is 16.5. The molecule has 104 valence electrons. The maximum atomic E-state index is 9.89. The lowest BCUT2D eigenvalue weighted by Crippen LogP contribution is -2.24. The van der Waals surface area contributed by atoms with Gasteiger partial charge in [0.15, 0.2) is 0 Å². The number of rotatable bonds is 2. The Balaban J connectivity index is 1.89. The van der Waals surface area contributed by atoms with E-state index in [2.05, 4.69) is 15.3 Å². The molecule has 3 heterocycles. The smallest absolute Gasteiger partial charge is 0.139 e. The first-order valence-corrected chi connectivity index (χ1v) is 6.14. The Morgan fingerprint density at radius 3 is 3.05 bits per heavy atom. The summed E-state index contributed by atoms with van der Waals surface area (Å²) in [5.41, 5.74) is 0.503. The SMILES string of the molecule is OC[C@H]1O[C@@H](n2cnc3c2NC=NCC3O)C[C@H]1O. The molecule has 1 fully saturated rings. The number of fused-ring (bicyclic) bond motifs is 1. The molecule has 4 atom stereocenters. The minimum absolute atomic E-state index is 0.230. The first kappa shape index (κ1) is 12.5. The summed E-state index contributed by atoms with van der Waals surface area (Å²) in [6, 6.07) is 0. The van der Waals surface area contributed by atoms with E-state index < -0.39 is 24.5 Å². The van der Waals surface area contributed by atoms with Crippen LogP contribution in [-0.2, 0) is 4.74 Å².